The lowest BCUT2D eigenvalue weighted by Gasteiger charge is -2.20. The Morgan fingerprint density at radius 3 is 2.62 bits per heavy atom. The van der Waals surface area contributed by atoms with Crippen molar-refractivity contribution in [1.29, 1.82) is 0 Å². The Morgan fingerprint density at radius 1 is 1.12 bits per heavy atom. The number of allylic oxidation sites excluding steroid dienone is 1. The fourth-order valence-electron chi connectivity index (χ4n) is 3.78. The number of ketones is 1. The number of benzene rings is 1. The van der Waals surface area contributed by atoms with Crippen molar-refractivity contribution in [1.82, 2.24) is 0 Å². The van der Waals surface area contributed by atoms with Crippen molar-refractivity contribution in [2.24, 2.45) is 0 Å². The van der Waals surface area contributed by atoms with E-state index in [-0.39, 0.29) is 29.1 Å². The zero-order chi connectivity index (χ0) is 23.3. The molecule has 9 nitrogen and oxygen atoms in total. The van der Waals surface area contributed by atoms with Crippen molar-refractivity contribution in [2.45, 2.75) is 76.2 Å². The van der Waals surface area contributed by atoms with Gasteiger partial charge in [0.25, 0.3) is 0 Å². The Balaban J connectivity index is 1.88. The Bertz CT molecular complexity index is 850. The molecule has 3 rings (SSSR count). The van der Waals surface area contributed by atoms with Gasteiger partial charge < -0.3 is 34.6 Å². The first-order valence-electron chi connectivity index (χ1n) is 10.8. The molecule has 0 bridgehead atoms. The van der Waals surface area contributed by atoms with Gasteiger partial charge in [0.05, 0.1) is 6.61 Å². The van der Waals surface area contributed by atoms with Crippen LogP contribution >= 0.6 is 0 Å². The number of aromatic hydroxyl groups is 1. The van der Waals surface area contributed by atoms with Gasteiger partial charge in [-0.3, -0.25) is 4.79 Å². The molecule has 1 fully saturated rings. The lowest BCUT2D eigenvalue weighted by molar-refractivity contribution is -0.118. The van der Waals surface area contributed by atoms with E-state index in [2.05, 4.69) is 0 Å². The third-order valence-electron chi connectivity index (χ3n) is 5.53. The van der Waals surface area contributed by atoms with Crippen LogP contribution < -0.4 is 4.74 Å². The van der Waals surface area contributed by atoms with E-state index in [1.807, 2.05) is 12.2 Å². The Labute approximate surface area is 186 Å². The topological polar surface area (TPSA) is 143 Å². The normalized spacial score (nSPS) is 29.8. The van der Waals surface area contributed by atoms with Crippen molar-refractivity contribution in [3.63, 3.8) is 0 Å². The van der Waals surface area contributed by atoms with Gasteiger partial charge in [-0.15, -0.1) is 0 Å². The van der Waals surface area contributed by atoms with Crippen LogP contribution in [0.15, 0.2) is 24.3 Å². The number of hydrogen-bond acceptors (Lipinski definition) is 9. The molecule has 176 valence electrons. The molecule has 0 saturated carbocycles. The summed E-state index contributed by atoms with van der Waals surface area (Å²) in [6.45, 7) is 1.23. The molecular formula is C23H30O9. The van der Waals surface area contributed by atoms with Gasteiger partial charge in [0.1, 0.15) is 47.3 Å². The predicted molar refractivity (Wildman–Crippen MR) is 112 cm³/mol. The minimum absolute atomic E-state index is 0.0359. The highest BCUT2D eigenvalue weighted by Crippen LogP contribution is 2.33. The molecule has 2 aliphatic rings. The Morgan fingerprint density at radius 2 is 1.91 bits per heavy atom. The largest absolute Gasteiger partial charge is 0.507 e. The number of carbonyl (C=O) groups excluding carboxylic acids is 2. The van der Waals surface area contributed by atoms with Gasteiger partial charge in [-0.05, 0) is 37.8 Å². The van der Waals surface area contributed by atoms with E-state index < -0.39 is 49.0 Å². The number of cyclic esters (lactones) is 1. The number of carbonyl (C=O) groups is 2. The van der Waals surface area contributed by atoms with Crippen LogP contribution in [0, 0.1) is 0 Å². The van der Waals surface area contributed by atoms with Crippen LogP contribution in [0.2, 0.25) is 0 Å². The molecule has 1 aromatic rings. The average Bonchev–Trinajstić information content (AvgIpc) is 3.00. The van der Waals surface area contributed by atoms with Gasteiger partial charge in [-0.25, -0.2) is 4.79 Å². The maximum atomic E-state index is 12.8. The maximum absolute atomic E-state index is 12.8. The number of Topliss-reactive ketones (excluding diaryl/α,β-unsaturated/α-hetero) is 1. The number of hydrogen-bond donors (Lipinski definition) is 4. The Hall–Kier alpha value is -2.46. The molecule has 0 aliphatic carbocycles. The molecule has 0 spiro atoms. The number of rotatable bonds is 3. The SMILES string of the molecule is C[C@H]1CC=CCCCCC(=O)Cc2cc(O[C@H]3O[C@@H](CO)[C@@H](O)[C@H]3O)cc(O)c2C(=O)O1. The second-order valence-corrected chi connectivity index (χ2v) is 8.19. The van der Waals surface area contributed by atoms with Crippen LogP contribution in [0.4, 0.5) is 0 Å². The number of ether oxygens (including phenoxy) is 3. The van der Waals surface area contributed by atoms with Crippen LogP contribution in [0.1, 0.15) is 54.9 Å². The Kier molecular flexibility index (Phi) is 8.25. The lowest BCUT2D eigenvalue weighted by Crippen LogP contribution is -2.35. The quantitative estimate of drug-likeness (QED) is 0.397. The van der Waals surface area contributed by atoms with Crippen LogP contribution in [0.3, 0.4) is 0 Å². The molecule has 0 amide bonds. The van der Waals surface area contributed by atoms with Crippen molar-refractivity contribution in [3.8, 4) is 11.5 Å². The molecule has 2 aliphatic heterocycles. The third-order valence-corrected chi connectivity index (χ3v) is 5.53. The molecule has 2 heterocycles. The summed E-state index contributed by atoms with van der Waals surface area (Å²) in [6, 6.07) is 2.58. The number of phenolic OH excluding ortho intramolecular Hbond substituents is 1. The first-order valence-corrected chi connectivity index (χ1v) is 10.8. The molecule has 1 saturated heterocycles. The van der Waals surface area contributed by atoms with E-state index in [0.717, 1.165) is 18.9 Å². The zero-order valence-corrected chi connectivity index (χ0v) is 18.0. The number of fused-ring (bicyclic) bond motifs is 1. The van der Waals surface area contributed by atoms with Crippen LogP contribution in [0.25, 0.3) is 0 Å². The molecule has 5 atom stereocenters. The van der Waals surface area contributed by atoms with Crippen LogP contribution in [-0.2, 0) is 20.7 Å². The maximum Gasteiger partial charge on any atom is 0.342 e. The first kappa shape index (κ1) is 24.2. The number of aliphatic hydroxyl groups excluding tert-OH is 3. The highest BCUT2D eigenvalue weighted by atomic mass is 16.7. The minimum Gasteiger partial charge on any atom is -0.507 e. The predicted octanol–water partition coefficient (Wildman–Crippen LogP) is 1.39. The van der Waals surface area contributed by atoms with E-state index in [1.54, 1.807) is 6.92 Å². The van der Waals surface area contributed by atoms with E-state index in [9.17, 15) is 30.0 Å². The monoisotopic (exact) mass is 450 g/mol. The second-order valence-electron chi connectivity index (χ2n) is 8.19. The summed E-state index contributed by atoms with van der Waals surface area (Å²) in [5, 5.41) is 39.8. The molecular weight excluding hydrogens is 420 g/mol. The van der Waals surface area contributed by atoms with Gasteiger partial charge in [0, 0.05) is 25.3 Å². The summed E-state index contributed by atoms with van der Waals surface area (Å²) < 4.78 is 16.3. The number of phenols is 1. The summed E-state index contributed by atoms with van der Waals surface area (Å²) >= 11 is 0. The fourth-order valence-corrected chi connectivity index (χ4v) is 3.78. The standard InChI is InChI=1S/C23H30O9/c1-13-7-5-3-2-4-6-8-15(25)9-14-10-16(11-17(26)19(14)22(29)30-13)31-23-21(28)20(27)18(12-24)32-23/h3,5,10-11,13,18,20-21,23-24,26-28H,2,4,6-9,12H2,1H3/t13-,18-,20+,21+,23-/m0/s1. The zero-order valence-electron chi connectivity index (χ0n) is 18.0. The summed E-state index contributed by atoms with van der Waals surface area (Å²) in [6.07, 6.45) is 1.62. The molecule has 32 heavy (non-hydrogen) atoms. The van der Waals surface area contributed by atoms with Gasteiger partial charge in [0.2, 0.25) is 6.29 Å². The fraction of sp³-hybridized carbons (Fsp3) is 0.565. The summed E-state index contributed by atoms with van der Waals surface area (Å²) in [7, 11) is 0. The highest BCUT2D eigenvalue weighted by molar-refractivity contribution is 5.96. The van der Waals surface area contributed by atoms with E-state index >= 15 is 0 Å². The summed E-state index contributed by atoms with van der Waals surface area (Å²) in [4.78, 5) is 25.3. The van der Waals surface area contributed by atoms with Crippen molar-refractivity contribution in [2.75, 3.05) is 6.61 Å². The summed E-state index contributed by atoms with van der Waals surface area (Å²) in [5.74, 6) is -1.24. The van der Waals surface area contributed by atoms with Crippen molar-refractivity contribution >= 4 is 11.8 Å². The van der Waals surface area contributed by atoms with Crippen LogP contribution in [-0.4, -0.2) is 69.5 Å². The first-order chi connectivity index (χ1) is 15.3. The highest BCUT2D eigenvalue weighted by Gasteiger charge is 2.44. The lowest BCUT2D eigenvalue weighted by atomic mass is 9.98. The number of aliphatic hydroxyl groups is 3. The smallest absolute Gasteiger partial charge is 0.342 e. The van der Waals surface area contributed by atoms with Crippen LogP contribution in [0.5, 0.6) is 11.5 Å². The van der Waals surface area contributed by atoms with Gasteiger partial charge >= 0.3 is 5.97 Å². The van der Waals surface area contributed by atoms with Crippen molar-refractivity contribution < 1.29 is 44.2 Å². The molecule has 9 heteroatoms. The van der Waals surface area contributed by atoms with Crippen molar-refractivity contribution in [3.05, 3.63) is 35.4 Å². The molecule has 0 aromatic heterocycles. The average molecular weight is 450 g/mol. The molecule has 0 radical (unpaired) electrons. The molecule has 4 N–H and O–H groups in total. The van der Waals surface area contributed by atoms with Gasteiger partial charge in [-0.1, -0.05) is 12.2 Å². The third kappa shape index (κ3) is 5.86. The van der Waals surface area contributed by atoms with E-state index in [4.69, 9.17) is 14.2 Å². The van der Waals surface area contributed by atoms with Gasteiger partial charge in [0.15, 0.2) is 0 Å². The van der Waals surface area contributed by atoms with E-state index in [0.29, 0.717) is 19.3 Å². The molecule has 1 aromatic carbocycles. The summed E-state index contributed by atoms with van der Waals surface area (Å²) in [5.41, 5.74) is 0.126. The minimum atomic E-state index is -1.43. The number of esters is 1. The van der Waals surface area contributed by atoms with E-state index in [1.165, 1.54) is 6.07 Å². The molecule has 0 unspecified atom stereocenters. The van der Waals surface area contributed by atoms with Gasteiger partial charge in [-0.2, -0.15) is 0 Å². The second kappa shape index (κ2) is 10.9.